The molecule has 0 unspecified atom stereocenters. The van der Waals surface area contributed by atoms with Gasteiger partial charge in [0.15, 0.2) is 0 Å². The molecule has 1 aromatic carbocycles. The van der Waals surface area contributed by atoms with Crippen LogP contribution in [0.4, 0.5) is 0 Å². The van der Waals surface area contributed by atoms with Crippen molar-refractivity contribution in [2.24, 2.45) is 5.41 Å². The molecular weight excluding hydrogens is 302 g/mol. The Morgan fingerprint density at radius 2 is 1.83 bits per heavy atom. The summed E-state index contributed by atoms with van der Waals surface area (Å²) in [5, 5.41) is 3.05. The Kier molecular flexibility index (Phi) is 3.63. The largest absolute Gasteiger partial charge is 0.357 e. The smallest absolute Gasteiger partial charge is 0.270 e. The molecule has 2 aromatic rings. The number of carbonyl (C=O) groups is 2. The predicted octanol–water partition coefficient (Wildman–Crippen LogP) is 2.15. The van der Waals surface area contributed by atoms with Crippen LogP contribution in [0.25, 0.3) is 0 Å². The number of aromatic nitrogens is 1. The number of carbonyl (C=O) groups excluding carboxylic acids is 2. The van der Waals surface area contributed by atoms with Crippen molar-refractivity contribution in [3.63, 3.8) is 0 Å². The lowest BCUT2D eigenvalue weighted by Gasteiger charge is -2.40. The average molecular weight is 323 g/mol. The number of rotatable bonds is 2. The van der Waals surface area contributed by atoms with Gasteiger partial charge in [-0.3, -0.25) is 9.59 Å². The molecule has 1 aromatic heterocycles. The van der Waals surface area contributed by atoms with E-state index in [9.17, 15) is 9.59 Å². The molecule has 1 atom stereocenters. The average Bonchev–Trinajstić information content (AvgIpc) is 3.26. The lowest BCUT2D eigenvalue weighted by atomic mass is 9.68. The Hall–Kier alpha value is -2.56. The van der Waals surface area contributed by atoms with Crippen molar-refractivity contribution in [3.8, 4) is 0 Å². The maximum atomic E-state index is 12.6. The summed E-state index contributed by atoms with van der Waals surface area (Å²) in [4.78, 5) is 29.9. The highest BCUT2D eigenvalue weighted by atomic mass is 16.2. The minimum Gasteiger partial charge on any atom is -0.357 e. The third-order valence-electron chi connectivity index (χ3n) is 5.56. The lowest BCUT2D eigenvalue weighted by molar-refractivity contribution is -0.130. The van der Waals surface area contributed by atoms with E-state index in [1.165, 1.54) is 5.56 Å². The maximum Gasteiger partial charge on any atom is 0.270 e. The standard InChI is InChI=1S/C19H21N3O2/c23-17(16-7-4-10-20-16)22-11-8-19(9-12-22)15(13-21-18(19)24)14-5-2-1-3-6-14/h1-7,10,15,20H,8-9,11-13H2,(H,21,24)/t15-/m1/s1. The fourth-order valence-electron chi connectivity index (χ4n) is 4.16. The third kappa shape index (κ3) is 2.31. The summed E-state index contributed by atoms with van der Waals surface area (Å²) in [6.45, 7) is 1.93. The summed E-state index contributed by atoms with van der Waals surface area (Å²) in [6.07, 6.45) is 3.18. The van der Waals surface area contributed by atoms with Gasteiger partial charge in [-0.15, -0.1) is 0 Å². The Labute approximate surface area is 141 Å². The van der Waals surface area contributed by atoms with E-state index in [2.05, 4.69) is 22.4 Å². The summed E-state index contributed by atoms with van der Waals surface area (Å²) in [5.41, 5.74) is 1.44. The molecule has 2 aliphatic rings. The van der Waals surface area contributed by atoms with Gasteiger partial charge in [0, 0.05) is 31.7 Å². The van der Waals surface area contributed by atoms with Crippen molar-refractivity contribution in [2.45, 2.75) is 18.8 Å². The molecule has 0 aliphatic carbocycles. The molecule has 2 aliphatic heterocycles. The van der Waals surface area contributed by atoms with Crippen molar-refractivity contribution in [3.05, 3.63) is 59.9 Å². The molecule has 4 rings (SSSR count). The zero-order valence-corrected chi connectivity index (χ0v) is 13.5. The number of benzene rings is 1. The van der Waals surface area contributed by atoms with Crippen LogP contribution in [-0.4, -0.2) is 41.3 Å². The van der Waals surface area contributed by atoms with E-state index >= 15 is 0 Å². The van der Waals surface area contributed by atoms with Crippen LogP contribution in [0, 0.1) is 5.41 Å². The minimum absolute atomic E-state index is 0.0181. The number of H-pyrrole nitrogens is 1. The van der Waals surface area contributed by atoms with Gasteiger partial charge >= 0.3 is 0 Å². The first-order chi connectivity index (χ1) is 11.7. The van der Waals surface area contributed by atoms with Crippen LogP contribution in [0.2, 0.25) is 0 Å². The van der Waals surface area contributed by atoms with Crippen molar-refractivity contribution in [2.75, 3.05) is 19.6 Å². The molecule has 0 bridgehead atoms. The lowest BCUT2D eigenvalue weighted by Crippen LogP contribution is -2.48. The zero-order valence-electron chi connectivity index (χ0n) is 13.5. The number of piperidine rings is 1. The Bertz CT molecular complexity index is 731. The quantitative estimate of drug-likeness (QED) is 0.889. The maximum absolute atomic E-state index is 12.6. The van der Waals surface area contributed by atoms with E-state index in [0.29, 0.717) is 38.2 Å². The second kappa shape index (κ2) is 5.82. The summed E-state index contributed by atoms with van der Waals surface area (Å²) in [7, 11) is 0. The molecule has 24 heavy (non-hydrogen) atoms. The number of hydrogen-bond acceptors (Lipinski definition) is 2. The Morgan fingerprint density at radius 3 is 2.50 bits per heavy atom. The van der Waals surface area contributed by atoms with Gasteiger partial charge in [-0.05, 0) is 30.5 Å². The highest BCUT2D eigenvalue weighted by molar-refractivity contribution is 5.93. The molecule has 124 valence electrons. The molecule has 2 fully saturated rings. The van der Waals surface area contributed by atoms with Gasteiger partial charge in [-0.1, -0.05) is 30.3 Å². The number of amides is 2. The van der Waals surface area contributed by atoms with Crippen LogP contribution in [0.15, 0.2) is 48.7 Å². The minimum atomic E-state index is -0.381. The SMILES string of the molecule is O=C(c1ccc[nH]1)N1CCC2(CC1)C(=O)NC[C@@H]2c1ccccc1. The van der Waals surface area contributed by atoms with Gasteiger partial charge in [0.2, 0.25) is 5.91 Å². The van der Waals surface area contributed by atoms with Gasteiger partial charge in [0.05, 0.1) is 5.41 Å². The summed E-state index contributed by atoms with van der Waals surface area (Å²) < 4.78 is 0. The topological polar surface area (TPSA) is 65.2 Å². The van der Waals surface area contributed by atoms with Gasteiger partial charge in [-0.25, -0.2) is 0 Å². The first-order valence-electron chi connectivity index (χ1n) is 8.47. The van der Waals surface area contributed by atoms with Crippen LogP contribution in [0.3, 0.4) is 0 Å². The fourth-order valence-corrected chi connectivity index (χ4v) is 4.16. The monoisotopic (exact) mass is 323 g/mol. The van der Waals surface area contributed by atoms with Crippen LogP contribution in [-0.2, 0) is 4.79 Å². The molecule has 0 radical (unpaired) electrons. The van der Waals surface area contributed by atoms with Gasteiger partial charge in [-0.2, -0.15) is 0 Å². The highest BCUT2D eigenvalue weighted by Gasteiger charge is 2.52. The molecular formula is C19H21N3O2. The van der Waals surface area contributed by atoms with E-state index < -0.39 is 0 Å². The molecule has 5 nitrogen and oxygen atoms in total. The molecule has 2 amide bonds. The van der Waals surface area contributed by atoms with Crippen molar-refractivity contribution >= 4 is 11.8 Å². The van der Waals surface area contributed by atoms with E-state index in [4.69, 9.17) is 0 Å². The van der Waals surface area contributed by atoms with Crippen LogP contribution < -0.4 is 5.32 Å². The third-order valence-corrected chi connectivity index (χ3v) is 5.56. The van der Waals surface area contributed by atoms with E-state index in [1.807, 2.05) is 29.2 Å². The number of nitrogens with zero attached hydrogens (tertiary/aromatic N) is 1. The van der Waals surface area contributed by atoms with Crippen molar-refractivity contribution in [1.29, 1.82) is 0 Å². The first kappa shape index (κ1) is 15.0. The van der Waals surface area contributed by atoms with Crippen LogP contribution in [0.1, 0.15) is 34.8 Å². The summed E-state index contributed by atoms with van der Waals surface area (Å²) in [6, 6.07) is 13.9. The molecule has 0 saturated carbocycles. The zero-order chi connectivity index (χ0) is 16.6. The molecule has 3 heterocycles. The predicted molar refractivity (Wildman–Crippen MR) is 90.6 cm³/mol. The number of aromatic amines is 1. The van der Waals surface area contributed by atoms with E-state index in [-0.39, 0.29) is 23.1 Å². The van der Waals surface area contributed by atoms with Crippen LogP contribution in [0.5, 0.6) is 0 Å². The van der Waals surface area contributed by atoms with E-state index in [1.54, 1.807) is 12.3 Å². The number of likely N-dealkylation sites (tertiary alicyclic amines) is 1. The normalized spacial score (nSPS) is 22.6. The first-order valence-corrected chi connectivity index (χ1v) is 8.47. The van der Waals surface area contributed by atoms with E-state index in [0.717, 1.165) is 0 Å². The number of nitrogens with one attached hydrogen (secondary N) is 2. The van der Waals surface area contributed by atoms with Crippen molar-refractivity contribution in [1.82, 2.24) is 15.2 Å². The van der Waals surface area contributed by atoms with Gasteiger partial charge < -0.3 is 15.2 Å². The second-order valence-corrected chi connectivity index (χ2v) is 6.71. The Balaban J connectivity index is 1.54. The second-order valence-electron chi connectivity index (χ2n) is 6.71. The van der Waals surface area contributed by atoms with Gasteiger partial charge in [0.1, 0.15) is 5.69 Å². The van der Waals surface area contributed by atoms with Crippen LogP contribution >= 0.6 is 0 Å². The summed E-state index contributed by atoms with van der Waals surface area (Å²) >= 11 is 0. The highest BCUT2D eigenvalue weighted by Crippen LogP contribution is 2.47. The van der Waals surface area contributed by atoms with Crippen molar-refractivity contribution < 1.29 is 9.59 Å². The molecule has 5 heteroatoms. The molecule has 1 spiro atoms. The Morgan fingerprint density at radius 1 is 1.08 bits per heavy atom. The molecule has 2 saturated heterocycles. The molecule has 2 N–H and O–H groups in total. The van der Waals surface area contributed by atoms with Gasteiger partial charge in [0.25, 0.3) is 5.91 Å². The fraction of sp³-hybridized carbons (Fsp3) is 0.368. The summed E-state index contributed by atoms with van der Waals surface area (Å²) in [5.74, 6) is 0.349. The number of hydrogen-bond donors (Lipinski definition) is 2.